The van der Waals surface area contributed by atoms with E-state index in [9.17, 15) is 4.79 Å². The van der Waals surface area contributed by atoms with E-state index in [0.29, 0.717) is 17.4 Å². The summed E-state index contributed by atoms with van der Waals surface area (Å²) in [6, 6.07) is 16.4. The molecule has 1 saturated carbocycles. The van der Waals surface area contributed by atoms with Gasteiger partial charge in [-0.3, -0.25) is 9.20 Å². The van der Waals surface area contributed by atoms with Crippen molar-refractivity contribution in [3.8, 4) is 11.3 Å². The van der Waals surface area contributed by atoms with Crippen LogP contribution in [0, 0.1) is 6.92 Å². The molecule has 140 valence electrons. The van der Waals surface area contributed by atoms with Gasteiger partial charge in [0.2, 0.25) is 0 Å². The van der Waals surface area contributed by atoms with Gasteiger partial charge in [0.25, 0.3) is 5.56 Å². The van der Waals surface area contributed by atoms with E-state index in [1.165, 1.54) is 18.4 Å². The Labute approximate surface area is 167 Å². The van der Waals surface area contributed by atoms with Crippen molar-refractivity contribution in [1.29, 1.82) is 0 Å². The fourth-order valence-electron chi connectivity index (χ4n) is 3.43. The fourth-order valence-corrected chi connectivity index (χ4v) is 4.37. The molecule has 4 aromatic rings. The van der Waals surface area contributed by atoms with Crippen molar-refractivity contribution < 1.29 is 0 Å². The average molecular weight is 388 g/mol. The molecular formula is C22H20N4OS. The molecule has 0 radical (unpaired) electrons. The number of nitrogens with zero attached hydrogens (tertiary/aromatic N) is 4. The number of thioether (sulfide) groups is 1. The number of hydrogen-bond acceptors (Lipinski definition) is 4. The van der Waals surface area contributed by atoms with Gasteiger partial charge in [-0.1, -0.05) is 48.2 Å². The molecule has 1 aliphatic carbocycles. The van der Waals surface area contributed by atoms with E-state index in [1.54, 1.807) is 22.2 Å². The van der Waals surface area contributed by atoms with Gasteiger partial charge in [-0.2, -0.15) is 0 Å². The standard InChI is InChI=1S/C22H20N4OS/c1-15-7-10-20-24-17(11-21(27)25(20)13-15)14-28-22-23-12-19(26(22)18-8-9-18)16-5-3-2-4-6-16/h2-7,10-13,18H,8-9,14H2,1H3. The first-order valence-corrected chi connectivity index (χ1v) is 10.4. The maximum Gasteiger partial charge on any atom is 0.258 e. The highest BCUT2D eigenvalue weighted by molar-refractivity contribution is 7.98. The molecule has 0 unspecified atom stereocenters. The maximum atomic E-state index is 12.4. The van der Waals surface area contributed by atoms with Crippen LogP contribution < -0.4 is 5.56 Å². The van der Waals surface area contributed by atoms with Crippen molar-refractivity contribution in [3.63, 3.8) is 0 Å². The van der Waals surface area contributed by atoms with Gasteiger partial charge in [0.1, 0.15) is 5.65 Å². The first kappa shape index (κ1) is 17.3. The Bertz CT molecular complexity index is 1210. The normalized spacial score (nSPS) is 13.9. The molecular weight excluding hydrogens is 368 g/mol. The predicted molar refractivity (Wildman–Crippen MR) is 112 cm³/mol. The Hall–Kier alpha value is -2.86. The van der Waals surface area contributed by atoms with Crippen LogP contribution in [0.3, 0.4) is 0 Å². The number of benzene rings is 1. The number of hydrogen-bond donors (Lipinski definition) is 0. The van der Waals surface area contributed by atoms with Gasteiger partial charge in [-0.05, 0) is 37.0 Å². The van der Waals surface area contributed by atoms with Gasteiger partial charge in [-0.25, -0.2) is 9.97 Å². The van der Waals surface area contributed by atoms with E-state index in [-0.39, 0.29) is 5.56 Å². The van der Waals surface area contributed by atoms with Gasteiger partial charge in [0, 0.05) is 24.1 Å². The Morgan fingerprint density at radius 1 is 1.14 bits per heavy atom. The smallest absolute Gasteiger partial charge is 0.258 e. The summed E-state index contributed by atoms with van der Waals surface area (Å²) in [6.07, 6.45) is 6.17. The van der Waals surface area contributed by atoms with Crippen LogP contribution in [0.2, 0.25) is 0 Å². The van der Waals surface area contributed by atoms with E-state index in [2.05, 4.69) is 38.8 Å². The number of pyridine rings is 1. The summed E-state index contributed by atoms with van der Waals surface area (Å²) in [4.78, 5) is 21.8. The maximum absolute atomic E-state index is 12.4. The average Bonchev–Trinajstić information content (AvgIpc) is 3.46. The lowest BCUT2D eigenvalue weighted by molar-refractivity contribution is 0.669. The minimum atomic E-state index is -0.0418. The highest BCUT2D eigenvalue weighted by Gasteiger charge is 2.29. The lowest BCUT2D eigenvalue weighted by atomic mass is 10.2. The Morgan fingerprint density at radius 2 is 1.96 bits per heavy atom. The highest BCUT2D eigenvalue weighted by atomic mass is 32.2. The minimum Gasteiger partial charge on any atom is -0.316 e. The van der Waals surface area contributed by atoms with Gasteiger partial charge in [-0.15, -0.1) is 0 Å². The highest BCUT2D eigenvalue weighted by Crippen LogP contribution is 2.42. The number of rotatable bonds is 5. The molecule has 3 aromatic heterocycles. The zero-order valence-electron chi connectivity index (χ0n) is 15.6. The minimum absolute atomic E-state index is 0.0418. The summed E-state index contributed by atoms with van der Waals surface area (Å²) in [5, 5.41) is 0.993. The summed E-state index contributed by atoms with van der Waals surface area (Å²) in [6.45, 7) is 1.97. The van der Waals surface area contributed by atoms with Gasteiger partial charge in [0.05, 0.1) is 17.6 Å². The van der Waals surface area contributed by atoms with E-state index < -0.39 is 0 Å². The predicted octanol–water partition coefficient (Wildman–Crippen LogP) is 4.49. The van der Waals surface area contributed by atoms with Crippen molar-refractivity contribution in [1.82, 2.24) is 18.9 Å². The molecule has 0 aliphatic heterocycles. The third-order valence-corrected chi connectivity index (χ3v) is 5.95. The van der Waals surface area contributed by atoms with E-state index in [0.717, 1.165) is 22.1 Å². The summed E-state index contributed by atoms with van der Waals surface area (Å²) in [7, 11) is 0. The molecule has 0 bridgehead atoms. The molecule has 6 heteroatoms. The molecule has 5 rings (SSSR count). The molecule has 0 N–H and O–H groups in total. The van der Waals surface area contributed by atoms with Crippen LogP contribution in [0.1, 0.15) is 30.1 Å². The van der Waals surface area contributed by atoms with E-state index in [1.807, 2.05) is 37.5 Å². The summed E-state index contributed by atoms with van der Waals surface area (Å²) in [5.41, 5.74) is 4.81. The lowest BCUT2D eigenvalue weighted by Crippen LogP contribution is -2.15. The molecule has 0 amide bonds. The summed E-state index contributed by atoms with van der Waals surface area (Å²) >= 11 is 1.65. The second-order valence-corrected chi connectivity index (χ2v) is 8.14. The monoisotopic (exact) mass is 388 g/mol. The largest absolute Gasteiger partial charge is 0.316 e. The molecule has 1 fully saturated rings. The SMILES string of the molecule is Cc1ccc2nc(CSc3ncc(-c4ccccc4)n3C3CC3)cc(=O)n2c1. The van der Waals surface area contributed by atoms with Crippen LogP contribution in [0.25, 0.3) is 16.9 Å². The van der Waals surface area contributed by atoms with Crippen LogP contribution in [0.4, 0.5) is 0 Å². The van der Waals surface area contributed by atoms with Crippen molar-refractivity contribution in [3.05, 3.63) is 82.5 Å². The zero-order chi connectivity index (χ0) is 19.1. The van der Waals surface area contributed by atoms with Crippen molar-refractivity contribution >= 4 is 17.4 Å². The van der Waals surface area contributed by atoms with Gasteiger partial charge >= 0.3 is 0 Å². The van der Waals surface area contributed by atoms with E-state index >= 15 is 0 Å². The zero-order valence-corrected chi connectivity index (χ0v) is 16.4. The van der Waals surface area contributed by atoms with Gasteiger partial charge in [0.15, 0.2) is 5.16 Å². The second-order valence-electron chi connectivity index (χ2n) is 7.20. The fraction of sp³-hybridized carbons (Fsp3) is 0.227. The molecule has 3 heterocycles. The molecule has 1 aromatic carbocycles. The van der Waals surface area contributed by atoms with Crippen LogP contribution in [-0.2, 0) is 5.75 Å². The van der Waals surface area contributed by atoms with Crippen molar-refractivity contribution in [2.45, 2.75) is 36.7 Å². The number of imidazole rings is 1. The van der Waals surface area contributed by atoms with Crippen molar-refractivity contribution in [2.75, 3.05) is 0 Å². The number of aromatic nitrogens is 4. The van der Waals surface area contributed by atoms with Crippen LogP contribution >= 0.6 is 11.8 Å². The Balaban J connectivity index is 1.45. The molecule has 0 spiro atoms. The third-order valence-electron chi connectivity index (χ3n) is 4.95. The molecule has 1 aliphatic rings. The first-order chi connectivity index (χ1) is 13.7. The van der Waals surface area contributed by atoms with E-state index in [4.69, 9.17) is 0 Å². The number of fused-ring (bicyclic) bond motifs is 1. The quantitative estimate of drug-likeness (QED) is 0.473. The van der Waals surface area contributed by atoms with Crippen LogP contribution in [-0.4, -0.2) is 18.9 Å². The Kier molecular flexibility index (Phi) is 4.28. The topological polar surface area (TPSA) is 52.2 Å². The second kappa shape index (κ2) is 6.95. The van der Waals surface area contributed by atoms with Crippen molar-refractivity contribution in [2.24, 2.45) is 0 Å². The molecule has 0 saturated heterocycles. The molecule has 0 atom stereocenters. The molecule has 5 nitrogen and oxygen atoms in total. The molecule has 28 heavy (non-hydrogen) atoms. The van der Waals surface area contributed by atoms with Crippen LogP contribution in [0.5, 0.6) is 0 Å². The Morgan fingerprint density at radius 3 is 2.75 bits per heavy atom. The summed E-state index contributed by atoms with van der Waals surface area (Å²) < 4.78 is 3.94. The van der Waals surface area contributed by atoms with Crippen LogP contribution in [0.15, 0.2) is 70.9 Å². The number of aryl methyl sites for hydroxylation is 1. The first-order valence-electron chi connectivity index (χ1n) is 9.43. The van der Waals surface area contributed by atoms with Gasteiger partial charge < -0.3 is 4.57 Å². The third kappa shape index (κ3) is 3.24. The lowest BCUT2D eigenvalue weighted by Gasteiger charge is -2.11. The summed E-state index contributed by atoms with van der Waals surface area (Å²) in [5.74, 6) is 0.623.